The van der Waals surface area contributed by atoms with E-state index in [4.69, 9.17) is 5.11 Å². The van der Waals surface area contributed by atoms with Crippen molar-refractivity contribution < 1.29 is 18.3 Å². The zero-order valence-electron chi connectivity index (χ0n) is 14.2. The average molecular weight is 367 g/mol. The molecule has 2 aromatic rings. The Kier molecular flexibility index (Phi) is 4.24. The van der Waals surface area contributed by atoms with E-state index in [1.807, 2.05) is 6.92 Å². The lowest BCUT2D eigenvalue weighted by atomic mass is 10.3. The standard InChI is InChI=1S/C16H21N3O5S/c1-16(7-8-16)17-25(23,24)11-5-6-12-13(10-11)18(2)15(22)19(12)9-3-4-14(20)21/h5-6,10,17H,3-4,7-9H2,1-2H3,(H,20,21). The van der Waals surface area contributed by atoms with E-state index in [1.165, 1.54) is 21.3 Å². The lowest BCUT2D eigenvalue weighted by molar-refractivity contribution is -0.137. The first-order valence-corrected chi connectivity index (χ1v) is 9.56. The topological polar surface area (TPSA) is 110 Å². The van der Waals surface area contributed by atoms with Gasteiger partial charge >= 0.3 is 11.7 Å². The number of hydrogen-bond donors (Lipinski definition) is 2. The quantitative estimate of drug-likeness (QED) is 0.760. The second-order valence-electron chi connectivity index (χ2n) is 6.81. The molecule has 1 heterocycles. The van der Waals surface area contributed by atoms with Gasteiger partial charge in [-0.2, -0.15) is 0 Å². The molecule has 3 rings (SSSR count). The Morgan fingerprint density at radius 3 is 2.60 bits per heavy atom. The van der Waals surface area contributed by atoms with Crippen LogP contribution in [-0.2, 0) is 28.4 Å². The van der Waals surface area contributed by atoms with Gasteiger partial charge in [-0.3, -0.25) is 13.9 Å². The second kappa shape index (κ2) is 5.99. The molecule has 0 saturated heterocycles. The summed E-state index contributed by atoms with van der Waals surface area (Å²) < 4.78 is 30.6. The number of aryl methyl sites for hydroxylation is 2. The van der Waals surface area contributed by atoms with Crippen LogP contribution < -0.4 is 10.4 Å². The van der Waals surface area contributed by atoms with Gasteiger partial charge in [-0.25, -0.2) is 17.9 Å². The summed E-state index contributed by atoms with van der Waals surface area (Å²) in [6.07, 6.45) is 1.92. The number of carbonyl (C=O) groups is 1. The average Bonchev–Trinajstić information content (AvgIpc) is 3.19. The van der Waals surface area contributed by atoms with Gasteiger partial charge in [0.05, 0.1) is 15.9 Å². The van der Waals surface area contributed by atoms with Crippen LogP contribution in [0.5, 0.6) is 0 Å². The number of carboxylic acid groups (broad SMARTS) is 1. The number of fused-ring (bicyclic) bond motifs is 1. The van der Waals surface area contributed by atoms with Gasteiger partial charge in [0.15, 0.2) is 0 Å². The molecule has 1 fully saturated rings. The summed E-state index contributed by atoms with van der Waals surface area (Å²) in [5.41, 5.74) is 0.429. The number of nitrogens with one attached hydrogen (secondary N) is 1. The van der Waals surface area contributed by atoms with Crippen LogP contribution in [-0.4, -0.2) is 34.2 Å². The lowest BCUT2D eigenvalue weighted by Gasteiger charge is -2.12. The van der Waals surface area contributed by atoms with E-state index in [1.54, 1.807) is 13.1 Å². The molecule has 1 saturated carbocycles. The minimum Gasteiger partial charge on any atom is -0.481 e. The van der Waals surface area contributed by atoms with E-state index in [0.29, 0.717) is 17.5 Å². The maximum atomic E-state index is 12.5. The monoisotopic (exact) mass is 367 g/mol. The Balaban J connectivity index is 1.97. The van der Waals surface area contributed by atoms with Crippen molar-refractivity contribution in [3.8, 4) is 0 Å². The van der Waals surface area contributed by atoms with Crippen LogP contribution in [0.15, 0.2) is 27.9 Å². The fourth-order valence-electron chi connectivity index (χ4n) is 2.83. The van der Waals surface area contributed by atoms with Gasteiger partial charge in [0.2, 0.25) is 10.0 Å². The predicted octanol–water partition coefficient (Wildman–Crippen LogP) is 1.04. The molecule has 8 nitrogen and oxygen atoms in total. The van der Waals surface area contributed by atoms with Crippen molar-refractivity contribution in [1.29, 1.82) is 0 Å². The number of rotatable bonds is 7. The number of carboxylic acids is 1. The summed E-state index contributed by atoms with van der Waals surface area (Å²) in [7, 11) is -2.07. The summed E-state index contributed by atoms with van der Waals surface area (Å²) in [6.45, 7) is 2.13. The highest BCUT2D eigenvalue weighted by atomic mass is 32.2. The molecule has 0 spiro atoms. The maximum Gasteiger partial charge on any atom is 0.328 e. The van der Waals surface area contributed by atoms with Crippen molar-refractivity contribution in [1.82, 2.24) is 13.9 Å². The Bertz CT molecular complexity index is 999. The third-order valence-corrected chi connectivity index (χ3v) is 6.22. The van der Waals surface area contributed by atoms with Crippen LogP contribution in [0.3, 0.4) is 0 Å². The fraction of sp³-hybridized carbons (Fsp3) is 0.500. The number of aliphatic carboxylic acids is 1. The smallest absolute Gasteiger partial charge is 0.328 e. The number of aromatic nitrogens is 2. The molecule has 0 aliphatic heterocycles. The van der Waals surface area contributed by atoms with Crippen molar-refractivity contribution >= 4 is 27.0 Å². The van der Waals surface area contributed by atoms with Gasteiger partial charge in [0.1, 0.15) is 0 Å². The Hall–Kier alpha value is -2.13. The van der Waals surface area contributed by atoms with E-state index in [0.717, 1.165) is 12.8 Å². The molecular formula is C16H21N3O5S. The van der Waals surface area contributed by atoms with Gasteiger partial charge in [-0.05, 0) is 44.4 Å². The van der Waals surface area contributed by atoms with E-state index >= 15 is 0 Å². The third kappa shape index (κ3) is 3.47. The van der Waals surface area contributed by atoms with Crippen LogP contribution in [0, 0.1) is 0 Å². The number of imidazole rings is 1. The van der Waals surface area contributed by atoms with Crippen molar-refractivity contribution in [3.05, 3.63) is 28.7 Å². The van der Waals surface area contributed by atoms with E-state index in [2.05, 4.69) is 4.72 Å². The van der Waals surface area contributed by atoms with Crippen molar-refractivity contribution in [2.45, 2.75) is 49.6 Å². The molecule has 2 N–H and O–H groups in total. The zero-order chi connectivity index (χ0) is 18.4. The fourth-order valence-corrected chi connectivity index (χ4v) is 4.32. The summed E-state index contributed by atoms with van der Waals surface area (Å²) in [5.74, 6) is -0.915. The molecule has 9 heteroatoms. The minimum atomic E-state index is -3.65. The van der Waals surface area contributed by atoms with Crippen LogP contribution in [0.25, 0.3) is 11.0 Å². The van der Waals surface area contributed by atoms with Gasteiger partial charge in [0.25, 0.3) is 0 Å². The first-order valence-electron chi connectivity index (χ1n) is 8.08. The van der Waals surface area contributed by atoms with E-state index in [-0.39, 0.29) is 29.1 Å². The van der Waals surface area contributed by atoms with Crippen LogP contribution in [0.2, 0.25) is 0 Å². The first-order chi connectivity index (χ1) is 11.6. The molecule has 0 radical (unpaired) electrons. The molecule has 0 unspecified atom stereocenters. The molecule has 136 valence electrons. The minimum absolute atomic E-state index is 0.0300. The van der Waals surface area contributed by atoms with Gasteiger partial charge in [-0.15, -0.1) is 0 Å². The molecular weight excluding hydrogens is 346 g/mol. The highest BCUT2D eigenvalue weighted by molar-refractivity contribution is 7.89. The van der Waals surface area contributed by atoms with Crippen molar-refractivity contribution in [3.63, 3.8) is 0 Å². The highest BCUT2D eigenvalue weighted by Crippen LogP contribution is 2.36. The molecule has 0 amide bonds. The second-order valence-corrected chi connectivity index (χ2v) is 8.49. The van der Waals surface area contributed by atoms with Crippen molar-refractivity contribution in [2.24, 2.45) is 7.05 Å². The van der Waals surface area contributed by atoms with Crippen LogP contribution in [0.1, 0.15) is 32.6 Å². The first kappa shape index (κ1) is 17.7. The molecule has 1 aliphatic carbocycles. The zero-order valence-corrected chi connectivity index (χ0v) is 15.0. The molecule has 25 heavy (non-hydrogen) atoms. The summed E-state index contributed by atoms with van der Waals surface area (Å²) in [5, 5.41) is 8.74. The number of benzene rings is 1. The van der Waals surface area contributed by atoms with Gasteiger partial charge in [0, 0.05) is 25.6 Å². The highest BCUT2D eigenvalue weighted by Gasteiger charge is 2.41. The number of nitrogens with zero attached hydrogens (tertiary/aromatic N) is 2. The summed E-state index contributed by atoms with van der Waals surface area (Å²) in [4.78, 5) is 23.1. The van der Waals surface area contributed by atoms with E-state index < -0.39 is 16.0 Å². The summed E-state index contributed by atoms with van der Waals surface area (Å²) >= 11 is 0. The molecule has 1 aromatic heterocycles. The largest absolute Gasteiger partial charge is 0.481 e. The molecule has 1 aliphatic rings. The number of sulfonamides is 1. The Morgan fingerprint density at radius 1 is 1.32 bits per heavy atom. The van der Waals surface area contributed by atoms with Gasteiger partial charge < -0.3 is 5.11 Å². The number of hydrogen-bond acceptors (Lipinski definition) is 4. The SMILES string of the molecule is Cn1c(=O)n(CCCC(=O)O)c2ccc(S(=O)(=O)NC3(C)CC3)cc21. The van der Waals surface area contributed by atoms with E-state index in [9.17, 15) is 18.0 Å². The lowest BCUT2D eigenvalue weighted by Crippen LogP contribution is -2.34. The predicted molar refractivity (Wildman–Crippen MR) is 92.0 cm³/mol. The van der Waals surface area contributed by atoms with Crippen LogP contribution >= 0.6 is 0 Å². The normalized spacial score (nSPS) is 16.2. The van der Waals surface area contributed by atoms with Crippen LogP contribution in [0.4, 0.5) is 0 Å². The molecule has 0 atom stereocenters. The Morgan fingerprint density at radius 2 is 2.00 bits per heavy atom. The molecule has 0 bridgehead atoms. The summed E-state index contributed by atoms with van der Waals surface area (Å²) in [6, 6.07) is 4.56. The van der Waals surface area contributed by atoms with Gasteiger partial charge in [-0.1, -0.05) is 0 Å². The van der Waals surface area contributed by atoms with Crippen molar-refractivity contribution in [2.75, 3.05) is 0 Å². The Labute approximate surface area is 145 Å². The third-order valence-electron chi connectivity index (χ3n) is 4.58. The molecule has 1 aromatic carbocycles. The maximum absolute atomic E-state index is 12.5.